The predicted molar refractivity (Wildman–Crippen MR) is 159 cm³/mol. The van der Waals surface area contributed by atoms with Crippen molar-refractivity contribution in [1.29, 1.82) is 0 Å². The summed E-state index contributed by atoms with van der Waals surface area (Å²) in [6, 6.07) is 26.6. The first-order valence-electron chi connectivity index (χ1n) is 13.2. The van der Waals surface area contributed by atoms with Gasteiger partial charge < -0.3 is 10.0 Å². The fourth-order valence-electron chi connectivity index (χ4n) is 5.13. The number of likely N-dealkylation sites (tertiary alicyclic amines) is 1. The second kappa shape index (κ2) is 12.3. The van der Waals surface area contributed by atoms with Gasteiger partial charge in [0.25, 0.3) is 5.91 Å². The molecule has 0 bridgehead atoms. The Kier molecular flexibility index (Phi) is 8.43. The molecule has 1 aliphatic rings. The number of hydrogen-bond acceptors (Lipinski definition) is 5. The van der Waals surface area contributed by atoms with E-state index in [-0.39, 0.29) is 28.3 Å². The lowest BCUT2D eigenvalue weighted by molar-refractivity contribution is -0.131. The van der Waals surface area contributed by atoms with Crippen molar-refractivity contribution in [3.63, 3.8) is 0 Å². The van der Waals surface area contributed by atoms with Gasteiger partial charge in [0.05, 0.1) is 17.7 Å². The van der Waals surface area contributed by atoms with Crippen molar-refractivity contribution in [3.05, 3.63) is 112 Å². The van der Waals surface area contributed by atoms with E-state index in [0.29, 0.717) is 6.42 Å². The fraction of sp³-hybridized carbons (Fsp3) is 0.219. The molecule has 204 valence electrons. The highest BCUT2D eigenvalue weighted by Gasteiger charge is 2.28. The van der Waals surface area contributed by atoms with Gasteiger partial charge in [0, 0.05) is 43.9 Å². The van der Waals surface area contributed by atoms with Crippen LogP contribution in [0.4, 0.5) is 0 Å². The lowest BCUT2D eigenvalue weighted by Crippen LogP contribution is -2.39. The molecule has 4 aromatic rings. The normalized spacial score (nSPS) is 15.5. The summed E-state index contributed by atoms with van der Waals surface area (Å²) < 4.78 is 0. The van der Waals surface area contributed by atoms with Gasteiger partial charge >= 0.3 is 0 Å². The molecule has 0 saturated carbocycles. The zero-order valence-corrected chi connectivity index (χ0v) is 23.0. The van der Waals surface area contributed by atoms with Gasteiger partial charge in [0.2, 0.25) is 5.91 Å². The zero-order chi connectivity index (χ0) is 28.1. The fourth-order valence-corrected chi connectivity index (χ4v) is 5.31. The number of aromatic hydroxyl groups is 1. The number of rotatable bonds is 8. The van der Waals surface area contributed by atoms with Gasteiger partial charge in [-0.2, -0.15) is 5.10 Å². The molecular formula is C32H31ClN4O3. The van der Waals surface area contributed by atoms with Crippen LogP contribution in [0.1, 0.15) is 33.5 Å². The van der Waals surface area contributed by atoms with Gasteiger partial charge in [-0.3, -0.25) is 14.5 Å². The van der Waals surface area contributed by atoms with E-state index in [1.807, 2.05) is 54.4 Å². The van der Waals surface area contributed by atoms with E-state index in [4.69, 9.17) is 11.6 Å². The van der Waals surface area contributed by atoms with Crippen molar-refractivity contribution >= 4 is 40.4 Å². The van der Waals surface area contributed by atoms with Crippen LogP contribution < -0.4 is 5.43 Å². The van der Waals surface area contributed by atoms with Crippen molar-refractivity contribution in [3.8, 4) is 5.75 Å². The average molecular weight is 555 g/mol. The molecular weight excluding hydrogens is 524 g/mol. The third-order valence-electron chi connectivity index (χ3n) is 7.41. The molecule has 0 aliphatic carbocycles. The molecule has 1 fully saturated rings. The van der Waals surface area contributed by atoms with Crippen LogP contribution in [0.2, 0.25) is 5.02 Å². The quantitative estimate of drug-likeness (QED) is 0.230. The van der Waals surface area contributed by atoms with Crippen LogP contribution in [-0.2, 0) is 17.8 Å². The lowest BCUT2D eigenvalue weighted by Gasteiger charge is -2.25. The number of hydrogen-bond donors (Lipinski definition) is 2. The Morgan fingerprint density at radius 1 is 1.05 bits per heavy atom. The van der Waals surface area contributed by atoms with Gasteiger partial charge in [-0.05, 0) is 46.5 Å². The molecule has 4 aromatic carbocycles. The van der Waals surface area contributed by atoms with Crippen molar-refractivity contribution in [2.75, 3.05) is 20.1 Å². The standard InChI is InChI=1S/C32H31ClN4O3/c1-36(26-15-16-37(21-26)20-22-7-3-2-4-8-22)31(39)18-23-11-12-25(28-10-6-5-9-27(23)28)19-34-35-32(40)24-13-14-30(38)29(33)17-24/h2-14,17,19,26,38H,15-16,18,20-21H2,1H3,(H,35,40). The first kappa shape index (κ1) is 27.4. The topological polar surface area (TPSA) is 85.2 Å². The molecule has 2 amide bonds. The van der Waals surface area contributed by atoms with Crippen molar-refractivity contribution in [1.82, 2.24) is 15.2 Å². The number of likely N-dealkylation sites (N-methyl/N-ethyl adjacent to an activating group) is 1. The minimum Gasteiger partial charge on any atom is -0.506 e. The van der Waals surface area contributed by atoms with E-state index in [1.54, 1.807) is 6.21 Å². The van der Waals surface area contributed by atoms with Crippen molar-refractivity contribution < 1.29 is 14.7 Å². The molecule has 2 N–H and O–H groups in total. The number of carbonyl (C=O) groups is 2. The van der Waals surface area contributed by atoms with Crippen LogP contribution in [0.25, 0.3) is 10.8 Å². The summed E-state index contributed by atoms with van der Waals surface area (Å²) >= 11 is 5.90. The second-order valence-electron chi connectivity index (χ2n) is 10.1. The highest BCUT2D eigenvalue weighted by atomic mass is 35.5. The van der Waals surface area contributed by atoms with Gasteiger partial charge in [0.15, 0.2) is 0 Å². The van der Waals surface area contributed by atoms with Crippen molar-refractivity contribution in [2.45, 2.75) is 25.4 Å². The number of amides is 2. The molecule has 1 atom stereocenters. The SMILES string of the molecule is CN(C(=O)Cc1ccc(C=NNC(=O)c2ccc(O)c(Cl)c2)c2ccccc12)C1CCN(Cc2ccccc2)C1. The van der Waals surface area contributed by atoms with Crippen LogP contribution >= 0.6 is 11.6 Å². The van der Waals surface area contributed by atoms with Gasteiger partial charge in [-0.15, -0.1) is 0 Å². The average Bonchev–Trinajstić information content (AvgIpc) is 3.44. The Morgan fingerprint density at radius 3 is 2.58 bits per heavy atom. The molecule has 1 saturated heterocycles. The summed E-state index contributed by atoms with van der Waals surface area (Å²) in [7, 11) is 1.91. The minimum atomic E-state index is -0.443. The van der Waals surface area contributed by atoms with E-state index < -0.39 is 5.91 Å². The Bertz CT molecular complexity index is 1560. The molecule has 8 heteroatoms. The number of hydrazone groups is 1. The number of benzene rings is 4. The van der Waals surface area contributed by atoms with Gasteiger partial charge in [-0.1, -0.05) is 78.3 Å². The number of phenolic OH excluding ortho intramolecular Hbond substituents is 1. The zero-order valence-electron chi connectivity index (χ0n) is 22.3. The minimum absolute atomic E-state index is 0.0915. The van der Waals surface area contributed by atoms with E-state index in [9.17, 15) is 14.7 Å². The molecule has 1 unspecified atom stereocenters. The Labute approximate surface area is 238 Å². The third kappa shape index (κ3) is 6.33. The summed E-state index contributed by atoms with van der Waals surface area (Å²) in [5.74, 6) is -0.439. The number of nitrogens with zero attached hydrogens (tertiary/aromatic N) is 3. The van der Waals surface area contributed by atoms with Gasteiger partial charge in [0.1, 0.15) is 5.75 Å². The van der Waals surface area contributed by atoms with E-state index in [1.165, 1.54) is 23.8 Å². The maximum Gasteiger partial charge on any atom is 0.271 e. The number of phenols is 1. The third-order valence-corrected chi connectivity index (χ3v) is 7.71. The Balaban J connectivity index is 1.24. The molecule has 0 radical (unpaired) electrons. The van der Waals surface area contributed by atoms with Crippen LogP contribution in [0, 0.1) is 0 Å². The van der Waals surface area contributed by atoms with E-state index in [2.05, 4.69) is 39.7 Å². The smallest absolute Gasteiger partial charge is 0.271 e. The largest absolute Gasteiger partial charge is 0.506 e. The number of carbonyl (C=O) groups excluding carboxylic acids is 2. The molecule has 0 spiro atoms. The summed E-state index contributed by atoms with van der Waals surface area (Å²) in [6.45, 7) is 2.75. The summed E-state index contributed by atoms with van der Waals surface area (Å²) in [5.41, 5.74) is 5.84. The molecule has 7 nitrogen and oxygen atoms in total. The number of halogens is 1. The number of fused-ring (bicyclic) bond motifs is 1. The van der Waals surface area contributed by atoms with E-state index in [0.717, 1.165) is 48.0 Å². The van der Waals surface area contributed by atoms with Gasteiger partial charge in [-0.25, -0.2) is 5.43 Å². The van der Waals surface area contributed by atoms with Crippen LogP contribution in [-0.4, -0.2) is 59.1 Å². The molecule has 40 heavy (non-hydrogen) atoms. The van der Waals surface area contributed by atoms with Crippen molar-refractivity contribution in [2.24, 2.45) is 5.10 Å². The Morgan fingerprint density at radius 2 is 1.80 bits per heavy atom. The maximum absolute atomic E-state index is 13.3. The first-order chi connectivity index (χ1) is 19.4. The second-order valence-corrected chi connectivity index (χ2v) is 10.5. The summed E-state index contributed by atoms with van der Waals surface area (Å²) in [4.78, 5) is 30.0. The first-order valence-corrected chi connectivity index (χ1v) is 13.6. The van der Waals surface area contributed by atoms with Crippen LogP contribution in [0.5, 0.6) is 5.75 Å². The Hall–Kier alpha value is -4.20. The molecule has 0 aromatic heterocycles. The highest BCUT2D eigenvalue weighted by molar-refractivity contribution is 6.32. The van der Waals surface area contributed by atoms with Crippen LogP contribution in [0.3, 0.4) is 0 Å². The molecule has 1 heterocycles. The lowest BCUT2D eigenvalue weighted by atomic mass is 9.97. The summed E-state index contributed by atoms with van der Waals surface area (Å²) in [6.07, 6.45) is 2.86. The maximum atomic E-state index is 13.3. The summed E-state index contributed by atoms with van der Waals surface area (Å²) in [5, 5.41) is 15.7. The highest BCUT2D eigenvalue weighted by Crippen LogP contribution is 2.25. The monoisotopic (exact) mass is 554 g/mol. The molecule has 5 rings (SSSR count). The molecule has 1 aliphatic heterocycles. The van der Waals surface area contributed by atoms with E-state index >= 15 is 0 Å². The predicted octanol–water partition coefficient (Wildman–Crippen LogP) is 5.24. The number of nitrogens with one attached hydrogen (secondary N) is 1. The van der Waals surface area contributed by atoms with Crippen LogP contribution in [0.15, 0.2) is 90.0 Å².